The SMILES string of the molecule is CC(C)CN(CCC(O)(Cc1cccc(Cc2cccc(N)n2)c1)NC(=O)O)S(=O)(=O)c1ccc(O)cc1. The first kappa shape index (κ1) is 28.9. The third kappa shape index (κ3) is 8.17. The number of rotatable bonds is 12. The van der Waals surface area contributed by atoms with Gasteiger partial charge in [0.1, 0.15) is 17.3 Å². The fraction of sp³-hybridized carbons (Fsp3) is 0.333. The lowest BCUT2D eigenvalue weighted by Gasteiger charge is -2.32. The molecule has 0 bridgehead atoms. The van der Waals surface area contributed by atoms with Crippen LogP contribution >= 0.6 is 0 Å². The summed E-state index contributed by atoms with van der Waals surface area (Å²) in [6, 6.07) is 17.9. The topological polar surface area (TPSA) is 166 Å². The summed E-state index contributed by atoms with van der Waals surface area (Å²) >= 11 is 0. The van der Waals surface area contributed by atoms with Crippen LogP contribution in [0.5, 0.6) is 5.75 Å². The van der Waals surface area contributed by atoms with Crippen LogP contribution in [0.3, 0.4) is 0 Å². The van der Waals surface area contributed by atoms with Gasteiger partial charge in [0.15, 0.2) is 0 Å². The first-order chi connectivity index (χ1) is 17.9. The van der Waals surface area contributed by atoms with Crippen LogP contribution in [-0.2, 0) is 22.9 Å². The summed E-state index contributed by atoms with van der Waals surface area (Å²) < 4.78 is 27.9. The molecule has 6 N–H and O–H groups in total. The highest BCUT2D eigenvalue weighted by molar-refractivity contribution is 7.89. The van der Waals surface area contributed by atoms with Crippen LogP contribution in [0.4, 0.5) is 10.6 Å². The number of hydrogen-bond donors (Lipinski definition) is 5. The van der Waals surface area contributed by atoms with E-state index in [1.54, 1.807) is 18.2 Å². The predicted molar refractivity (Wildman–Crippen MR) is 144 cm³/mol. The number of aromatic hydroxyl groups is 1. The molecule has 0 saturated heterocycles. The molecule has 38 heavy (non-hydrogen) atoms. The number of nitrogen functional groups attached to an aromatic ring is 1. The quantitative estimate of drug-likeness (QED) is 0.218. The Morgan fingerprint density at radius 3 is 2.37 bits per heavy atom. The summed E-state index contributed by atoms with van der Waals surface area (Å²) in [5.74, 6) is 0.319. The van der Waals surface area contributed by atoms with Crippen LogP contribution in [0.15, 0.2) is 71.6 Å². The fourth-order valence-corrected chi connectivity index (χ4v) is 5.79. The number of carbonyl (C=O) groups is 1. The minimum Gasteiger partial charge on any atom is -0.508 e. The first-order valence-electron chi connectivity index (χ1n) is 12.2. The molecular weight excluding hydrogens is 508 g/mol. The molecule has 1 heterocycles. The molecule has 1 amide bonds. The van der Waals surface area contributed by atoms with Crippen molar-refractivity contribution in [2.45, 2.75) is 43.7 Å². The van der Waals surface area contributed by atoms with Crippen molar-refractivity contribution in [1.29, 1.82) is 0 Å². The van der Waals surface area contributed by atoms with E-state index in [0.717, 1.165) is 11.3 Å². The Morgan fingerprint density at radius 1 is 1.08 bits per heavy atom. The summed E-state index contributed by atoms with van der Waals surface area (Å²) in [5, 5.41) is 32.5. The molecule has 2 aromatic carbocycles. The van der Waals surface area contributed by atoms with Crippen molar-refractivity contribution in [3.8, 4) is 5.75 Å². The zero-order valence-corrected chi connectivity index (χ0v) is 22.2. The van der Waals surface area contributed by atoms with Crippen LogP contribution in [0.1, 0.15) is 37.1 Å². The zero-order chi connectivity index (χ0) is 27.9. The molecule has 10 nitrogen and oxygen atoms in total. The number of anilines is 1. The number of nitrogens with zero attached hydrogens (tertiary/aromatic N) is 2. The molecule has 0 aliphatic heterocycles. The largest absolute Gasteiger partial charge is 0.508 e. The van der Waals surface area contributed by atoms with E-state index in [1.165, 1.54) is 28.6 Å². The number of nitrogens with two attached hydrogens (primary N) is 1. The molecule has 1 unspecified atom stereocenters. The summed E-state index contributed by atoms with van der Waals surface area (Å²) in [6.45, 7) is 3.75. The average molecular weight is 543 g/mol. The molecule has 3 rings (SSSR count). The van der Waals surface area contributed by atoms with Crippen molar-refractivity contribution in [2.75, 3.05) is 18.8 Å². The van der Waals surface area contributed by atoms with Gasteiger partial charge in [-0.3, -0.25) is 5.32 Å². The number of hydrogen-bond acceptors (Lipinski definition) is 7. The van der Waals surface area contributed by atoms with Gasteiger partial charge in [-0.15, -0.1) is 0 Å². The number of pyridine rings is 1. The fourth-order valence-electron chi connectivity index (χ4n) is 4.18. The van der Waals surface area contributed by atoms with E-state index >= 15 is 0 Å². The minimum atomic E-state index is -3.96. The van der Waals surface area contributed by atoms with Crippen molar-refractivity contribution in [1.82, 2.24) is 14.6 Å². The molecule has 1 atom stereocenters. The number of amides is 1. The Hall–Kier alpha value is -3.67. The van der Waals surface area contributed by atoms with E-state index in [-0.39, 0.29) is 42.5 Å². The van der Waals surface area contributed by atoms with Gasteiger partial charge in [0.05, 0.1) is 4.90 Å². The van der Waals surface area contributed by atoms with E-state index in [9.17, 15) is 28.5 Å². The monoisotopic (exact) mass is 542 g/mol. The Balaban J connectivity index is 1.82. The van der Waals surface area contributed by atoms with Gasteiger partial charge in [-0.2, -0.15) is 4.31 Å². The van der Waals surface area contributed by atoms with E-state index in [0.29, 0.717) is 17.8 Å². The van der Waals surface area contributed by atoms with Crippen LogP contribution in [-0.4, -0.2) is 57.9 Å². The van der Waals surface area contributed by atoms with Crippen molar-refractivity contribution in [3.05, 3.63) is 83.6 Å². The van der Waals surface area contributed by atoms with Gasteiger partial charge in [-0.1, -0.05) is 44.2 Å². The maximum atomic E-state index is 13.3. The first-order valence-corrected chi connectivity index (χ1v) is 13.6. The molecule has 0 radical (unpaired) electrons. The van der Waals surface area contributed by atoms with Gasteiger partial charge in [-0.05, 0) is 53.4 Å². The molecule has 0 fully saturated rings. The van der Waals surface area contributed by atoms with E-state index < -0.39 is 21.8 Å². The number of carboxylic acid groups (broad SMARTS) is 1. The highest BCUT2D eigenvalue weighted by atomic mass is 32.2. The maximum absolute atomic E-state index is 13.3. The van der Waals surface area contributed by atoms with Gasteiger partial charge in [0.2, 0.25) is 10.0 Å². The smallest absolute Gasteiger partial charge is 0.406 e. The molecule has 1 aromatic heterocycles. The lowest BCUT2D eigenvalue weighted by Crippen LogP contribution is -2.52. The lowest BCUT2D eigenvalue weighted by atomic mass is 9.96. The number of nitrogens with one attached hydrogen (secondary N) is 1. The van der Waals surface area contributed by atoms with Gasteiger partial charge in [-0.25, -0.2) is 18.2 Å². The van der Waals surface area contributed by atoms with Crippen LogP contribution < -0.4 is 11.1 Å². The molecule has 0 spiro atoms. The third-order valence-electron chi connectivity index (χ3n) is 5.86. The second-order valence-corrected chi connectivity index (χ2v) is 11.6. The minimum absolute atomic E-state index is 0.00598. The molecule has 0 aliphatic carbocycles. The number of aromatic nitrogens is 1. The number of aliphatic hydroxyl groups is 1. The highest BCUT2D eigenvalue weighted by Gasteiger charge is 2.33. The Bertz CT molecular complexity index is 1350. The van der Waals surface area contributed by atoms with Crippen molar-refractivity contribution < 1.29 is 28.5 Å². The molecule has 3 aromatic rings. The molecule has 11 heteroatoms. The van der Waals surface area contributed by atoms with Crippen molar-refractivity contribution >= 4 is 21.9 Å². The van der Waals surface area contributed by atoms with Gasteiger partial charge in [0.25, 0.3) is 0 Å². The number of phenols is 1. The Kier molecular flexibility index (Phi) is 9.31. The number of benzene rings is 2. The van der Waals surface area contributed by atoms with Crippen LogP contribution in [0.25, 0.3) is 0 Å². The second-order valence-electron chi connectivity index (χ2n) is 9.69. The predicted octanol–water partition coefficient (Wildman–Crippen LogP) is 3.20. The van der Waals surface area contributed by atoms with E-state index in [4.69, 9.17) is 5.73 Å². The summed E-state index contributed by atoms with van der Waals surface area (Å²) in [5.41, 5.74) is 6.17. The molecule has 204 valence electrons. The summed E-state index contributed by atoms with van der Waals surface area (Å²) in [6.07, 6.45) is -1.20. The maximum Gasteiger partial charge on any atom is 0.406 e. The lowest BCUT2D eigenvalue weighted by molar-refractivity contribution is -0.00178. The van der Waals surface area contributed by atoms with E-state index in [1.807, 2.05) is 38.1 Å². The number of sulfonamides is 1. The van der Waals surface area contributed by atoms with Crippen molar-refractivity contribution in [3.63, 3.8) is 0 Å². The zero-order valence-electron chi connectivity index (χ0n) is 21.4. The molecule has 0 aliphatic rings. The highest BCUT2D eigenvalue weighted by Crippen LogP contribution is 2.23. The number of phenolic OH excluding ortho intramolecular Hbond substituents is 1. The standard InChI is InChI=1S/C27H34N4O6S/c1-19(2)18-31(38(36,37)24-11-9-23(32)10-12-24)14-13-27(35,30-26(33)34)17-21-6-3-5-20(15-21)16-22-7-4-8-25(28)29-22/h3-12,15,19,30,32,35H,13-14,16-18H2,1-2H3,(H2,28,29)(H,33,34). The molecular formula is C27H34N4O6S. The normalized spacial score (nSPS) is 13.4. The van der Waals surface area contributed by atoms with Gasteiger partial charge >= 0.3 is 6.09 Å². The molecule has 0 saturated carbocycles. The van der Waals surface area contributed by atoms with Crippen molar-refractivity contribution in [2.24, 2.45) is 5.92 Å². The van der Waals surface area contributed by atoms with E-state index in [2.05, 4.69) is 10.3 Å². The van der Waals surface area contributed by atoms with Crippen LogP contribution in [0.2, 0.25) is 0 Å². The average Bonchev–Trinajstić information content (AvgIpc) is 2.81. The van der Waals surface area contributed by atoms with Gasteiger partial charge in [0, 0.05) is 38.0 Å². The Morgan fingerprint density at radius 2 is 1.74 bits per heavy atom. The van der Waals surface area contributed by atoms with Gasteiger partial charge < -0.3 is 21.1 Å². The third-order valence-corrected chi connectivity index (χ3v) is 7.74. The summed E-state index contributed by atoms with van der Waals surface area (Å²) in [4.78, 5) is 15.9. The second kappa shape index (κ2) is 12.2. The van der Waals surface area contributed by atoms with Crippen LogP contribution in [0, 0.1) is 5.92 Å². The Labute approximate surface area is 222 Å². The summed E-state index contributed by atoms with van der Waals surface area (Å²) in [7, 11) is -3.96.